The highest BCUT2D eigenvalue weighted by Gasteiger charge is 2.06. The van der Waals surface area contributed by atoms with Crippen molar-refractivity contribution in [3.8, 4) is 17.2 Å². The molecule has 0 aromatic heterocycles. The Morgan fingerprint density at radius 2 is 1.68 bits per heavy atom. The van der Waals surface area contributed by atoms with Crippen LogP contribution in [0.15, 0.2) is 48.5 Å². The summed E-state index contributed by atoms with van der Waals surface area (Å²) in [4.78, 5) is 12.2. The molecule has 1 N–H and O–H groups in total. The number of carbonyl (C=O) groups is 1. The highest BCUT2D eigenvalue weighted by molar-refractivity contribution is 6.07. The molecule has 0 bridgehead atoms. The third kappa shape index (κ3) is 5.68. The van der Waals surface area contributed by atoms with E-state index >= 15 is 0 Å². The molecule has 0 aliphatic carbocycles. The minimum Gasteiger partial charge on any atom is -0.508 e. The molecular weight excluding hydrogens is 316 g/mol. The van der Waals surface area contributed by atoms with Gasteiger partial charge in [-0.05, 0) is 61.4 Å². The molecule has 0 spiro atoms. The van der Waals surface area contributed by atoms with E-state index in [0.717, 1.165) is 24.2 Å². The summed E-state index contributed by atoms with van der Waals surface area (Å²) in [7, 11) is 0. The summed E-state index contributed by atoms with van der Waals surface area (Å²) in [6.45, 7) is 5.35. The van der Waals surface area contributed by atoms with Crippen LogP contribution in [0.3, 0.4) is 0 Å². The average Bonchev–Trinajstić information content (AvgIpc) is 2.64. The molecule has 0 fully saturated rings. The van der Waals surface area contributed by atoms with Crippen LogP contribution in [-0.2, 0) is 0 Å². The zero-order valence-electron chi connectivity index (χ0n) is 14.7. The number of phenols is 1. The standard InChI is InChI=1S/C21H24O4/c1-3-13-24-19-11-7-17(21(15-19)25-14-4-2)8-12-20(23)16-5-9-18(22)10-6-16/h5-12,15,22H,3-4,13-14H2,1-2H3/b12-8+. The molecule has 2 aromatic carbocycles. The summed E-state index contributed by atoms with van der Waals surface area (Å²) < 4.78 is 11.4. The third-order valence-corrected chi connectivity index (χ3v) is 3.49. The van der Waals surface area contributed by atoms with Gasteiger partial charge < -0.3 is 14.6 Å². The van der Waals surface area contributed by atoms with Gasteiger partial charge in [0.1, 0.15) is 17.2 Å². The number of hydrogen-bond acceptors (Lipinski definition) is 4. The number of allylic oxidation sites excluding steroid dienone is 1. The van der Waals surface area contributed by atoms with Crippen LogP contribution < -0.4 is 9.47 Å². The van der Waals surface area contributed by atoms with Crippen molar-refractivity contribution < 1.29 is 19.4 Å². The maximum absolute atomic E-state index is 12.2. The van der Waals surface area contributed by atoms with Crippen molar-refractivity contribution in [1.82, 2.24) is 0 Å². The topological polar surface area (TPSA) is 55.8 Å². The van der Waals surface area contributed by atoms with Crippen LogP contribution >= 0.6 is 0 Å². The number of aromatic hydroxyl groups is 1. The summed E-state index contributed by atoms with van der Waals surface area (Å²) >= 11 is 0. The van der Waals surface area contributed by atoms with E-state index in [1.807, 2.05) is 25.1 Å². The van der Waals surface area contributed by atoms with Crippen LogP contribution in [0.2, 0.25) is 0 Å². The Balaban J connectivity index is 2.18. The fraction of sp³-hybridized carbons (Fsp3) is 0.286. The first-order valence-electron chi connectivity index (χ1n) is 8.55. The predicted octanol–water partition coefficient (Wildman–Crippen LogP) is 4.87. The second kappa shape index (κ2) is 9.52. The summed E-state index contributed by atoms with van der Waals surface area (Å²) in [5, 5.41) is 9.30. The minimum atomic E-state index is -0.132. The fourth-order valence-electron chi connectivity index (χ4n) is 2.19. The first kappa shape index (κ1) is 18.6. The summed E-state index contributed by atoms with van der Waals surface area (Å²) in [6.07, 6.45) is 5.08. The Kier molecular flexibility index (Phi) is 7.08. The number of carbonyl (C=O) groups excluding carboxylic acids is 1. The van der Waals surface area contributed by atoms with E-state index in [4.69, 9.17) is 9.47 Å². The molecule has 0 aliphatic heterocycles. The van der Waals surface area contributed by atoms with Crippen LogP contribution in [0, 0.1) is 0 Å². The summed E-state index contributed by atoms with van der Waals surface area (Å²) in [5.41, 5.74) is 1.34. The molecular formula is C21H24O4. The molecule has 0 aliphatic rings. The smallest absolute Gasteiger partial charge is 0.185 e. The van der Waals surface area contributed by atoms with Crippen LogP contribution in [0.5, 0.6) is 17.2 Å². The molecule has 132 valence electrons. The molecule has 25 heavy (non-hydrogen) atoms. The van der Waals surface area contributed by atoms with Gasteiger partial charge >= 0.3 is 0 Å². The normalized spacial score (nSPS) is 10.8. The maximum atomic E-state index is 12.2. The quantitative estimate of drug-likeness (QED) is 0.523. The van der Waals surface area contributed by atoms with Crippen LogP contribution in [0.4, 0.5) is 0 Å². The molecule has 0 atom stereocenters. The highest BCUT2D eigenvalue weighted by atomic mass is 16.5. The Bertz CT molecular complexity index is 717. The van der Waals surface area contributed by atoms with Crippen molar-refractivity contribution in [3.63, 3.8) is 0 Å². The van der Waals surface area contributed by atoms with Gasteiger partial charge in [0.15, 0.2) is 5.78 Å². The largest absolute Gasteiger partial charge is 0.508 e. The van der Waals surface area contributed by atoms with Gasteiger partial charge in [0, 0.05) is 17.2 Å². The van der Waals surface area contributed by atoms with Gasteiger partial charge in [-0.15, -0.1) is 0 Å². The van der Waals surface area contributed by atoms with E-state index < -0.39 is 0 Å². The molecule has 0 heterocycles. The van der Waals surface area contributed by atoms with Gasteiger partial charge in [-0.1, -0.05) is 13.8 Å². The maximum Gasteiger partial charge on any atom is 0.185 e. The number of phenolic OH excluding ortho intramolecular Hbond substituents is 1. The molecule has 4 heteroatoms. The van der Waals surface area contributed by atoms with Crippen LogP contribution in [-0.4, -0.2) is 24.1 Å². The second-order valence-corrected chi connectivity index (χ2v) is 5.64. The molecule has 0 saturated carbocycles. The van der Waals surface area contributed by atoms with E-state index in [-0.39, 0.29) is 11.5 Å². The van der Waals surface area contributed by atoms with Crippen molar-refractivity contribution in [2.24, 2.45) is 0 Å². The lowest BCUT2D eigenvalue weighted by Crippen LogP contribution is -2.00. The van der Waals surface area contributed by atoms with E-state index in [1.54, 1.807) is 18.2 Å². The fourth-order valence-corrected chi connectivity index (χ4v) is 2.19. The van der Waals surface area contributed by atoms with Crippen molar-refractivity contribution in [3.05, 3.63) is 59.7 Å². The molecule has 0 unspecified atom stereocenters. The van der Waals surface area contributed by atoms with E-state index in [1.165, 1.54) is 18.2 Å². The summed E-state index contributed by atoms with van der Waals surface area (Å²) in [5.74, 6) is 1.46. The zero-order chi connectivity index (χ0) is 18.1. The molecule has 4 nitrogen and oxygen atoms in total. The van der Waals surface area contributed by atoms with Crippen LogP contribution in [0.1, 0.15) is 42.6 Å². The SMILES string of the molecule is CCCOc1ccc(/C=C/C(=O)c2ccc(O)cc2)c(OCCC)c1. The Morgan fingerprint density at radius 1 is 1.00 bits per heavy atom. The first-order chi connectivity index (χ1) is 12.1. The van der Waals surface area contributed by atoms with Crippen molar-refractivity contribution in [1.29, 1.82) is 0 Å². The first-order valence-corrected chi connectivity index (χ1v) is 8.55. The van der Waals surface area contributed by atoms with Gasteiger partial charge in [0.25, 0.3) is 0 Å². The molecule has 0 amide bonds. The van der Waals surface area contributed by atoms with E-state index in [9.17, 15) is 9.90 Å². The van der Waals surface area contributed by atoms with Crippen LogP contribution in [0.25, 0.3) is 6.08 Å². The number of ketones is 1. The van der Waals surface area contributed by atoms with E-state index in [2.05, 4.69) is 6.92 Å². The number of ether oxygens (including phenoxy) is 2. The highest BCUT2D eigenvalue weighted by Crippen LogP contribution is 2.27. The lowest BCUT2D eigenvalue weighted by molar-refractivity contribution is 0.104. The number of hydrogen-bond donors (Lipinski definition) is 1. The Labute approximate surface area is 148 Å². The monoisotopic (exact) mass is 340 g/mol. The van der Waals surface area contributed by atoms with Gasteiger partial charge in [0.2, 0.25) is 0 Å². The van der Waals surface area contributed by atoms with E-state index in [0.29, 0.717) is 24.5 Å². The predicted molar refractivity (Wildman–Crippen MR) is 99.5 cm³/mol. The average molecular weight is 340 g/mol. The number of rotatable bonds is 9. The van der Waals surface area contributed by atoms with Gasteiger partial charge in [0.05, 0.1) is 13.2 Å². The van der Waals surface area contributed by atoms with Crippen molar-refractivity contribution >= 4 is 11.9 Å². The Hall–Kier alpha value is -2.75. The Morgan fingerprint density at radius 3 is 2.36 bits per heavy atom. The third-order valence-electron chi connectivity index (χ3n) is 3.49. The molecule has 2 rings (SSSR count). The van der Waals surface area contributed by atoms with Gasteiger partial charge in [-0.3, -0.25) is 4.79 Å². The van der Waals surface area contributed by atoms with Gasteiger partial charge in [-0.2, -0.15) is 0 Å². The molecule has 0 saturated heterocycles. The number of benzene rings is 2. The lowest BCUT2D eigenvalue weighted by atomic mass is 10.1. The lowest BCUT2D eigenvalue weighted by Gasteiger charge is -2.11. The second-order valence-electron chi connectivity index (χ2n) is 5.64. The zero-order valence-corrected chi connectivity index (χ0v) is 14.7. The van der Waals surface area contributed by atoms with Gasteiger partial charge in [-0.25, -0.2) is 0 Å². The summed E-state index contributed by atoms with van der Waals surface area (Å²) in [6, 6.07) is 11.8. The molecule has 2 aromatic rings. The minimum absolute atomic E-state index is 0.132. The van der Waals surface area contributed by atoms with Crippen molar-refractivity contribution in [2.75, 3.05) is 13.2 Å². The van der Waals surface area contributed by atoms with Crippen molar-refractivity contribution in [2.45, 2.75) is 26.7 Å². The molecule has 0 radical (unpaired) electrons.